The average Bonchev–Trinajstić information content (AvgIpc) is 2.43. The van der Waals surface area contributed by atoms with Gasteiger partial charge in [-0.1, -0.05) is 19.1 Å². The van der Waals surface area contributed by atoms with Crippen molar-refractivity contribution in [1.82, 2.24) is 10.3 Å². The van der Waals surface area contributed by atoms with Crippen LogP contribution in [0.25, 0.3) is 10.9 Å². The Morgan fingerprint density at radius 3 is 2.80 bits per heavy atom. The molecule has 1 atom stereocenters. The molecule has 0 saturated carbocycles. The van der Waals surface area contributed by atoms with Crippen molar-refractivity contribution in [3.8, 4) is 0 Å². The van der Waals surface area contributed by atoms with E-state index in [4.69, 9.17) is 5.11 Å². The first-order valence-corrected chi connectivity index (χ1v) is 6.78. The predicted molar refractivity (Wildman–Crippen MR) is 79.8 cm³/mol. The summed E-state index contributed by atoms with van der Waals surface area (Å²) in [6.07, 6.45) is 0. The molecule has 0 aliphatic carbocycles. The summed E-state index contributed by atoms with van der Waals surface area (Å²) in [6.45, 7) is 6.27. The molecule has 0 aliphatic heterocycles. The van der Waals surface area contributed by atoms with E-state index in [1.54, 1.807) is 0 Å². The summed E-state index contributed by atoms with van der Waals surface area (Å²) in [4.78, 5) is 16.7. The molecular weight excluding hydrogens is 252 g/mol. The van der Waals surface area contributed by atoms with E-state index in [0.29, 0.717) is 12.1 Å². The Kier molecular flexibility index (Phi) is 4.35. The summed E-state index contributed by atoms with van der Waals surface area (Å²) in [5.74, 6) is -0.0897. The highest BCUT2D eigenvalue weighted by molar-refractivity contribution is 5.98. The van der Waals surface area contributed by atoms with Crippen LogP contribution in [0.3, 0.4) is 0 Å². The lowest BCUT2D eigenvalue weighted by Gasteiger charge is -2.11. The molecule has 20 heavy (non-hydrogen) atoms. The van der Waals surface area contributed by atoms with Crippen molar-refractivity contribution < 1.29 is 9.90 Å². The molecule has 2 N–H and O–H groups in total. The number of carbonyl (C=O) groups excluding carboxylic acids is 1. The average molecular weight is 272 g/mol. The van der Waals surface area contributed by atoms with Crippen molar-refractivity contribution in [2.45, 2.75) is 20.8 Å². The third kappa shape index (κ3) is 3.14. The van der Waals surface area contributed by atoms with Gasteiger partial charge in [-0.05, 0) is 37.5 Å². The van der Waals surface area contributed by atoms with E-state index in [1.807, 2.05) is 45.0 Å². The van der Waals surface area contributed by atoms with E-state index in [1.165, 1.54) is 0 Å². The van der Waals surface area contributed by atoms with Gasteiger partial charge in [0, 0.05) is 18.5 Å². The number of aromatic nitrogens is 1. The van der Waals surface area contributed by atoms with Gasteiger partial charge in [0.1, 0.15) is 0 Å². The van der Waals surface area contributed by atoms with Crippen LogP contribution in [-0.2, 0) is 0 Å². The van der Waals surface area contributed by atoms with Crippen LogP contribution in [0.15, 0.2) is 24.3 Å². The third-order valence-electron chi connectivity index (χ3n) is 3.33. The topological polar surface area (TPSA) is 62.2 Å². The highest BCUT2D eigenvalue weighted by Crippen LogP contribution is 2.18. The Balaban J connectivity index is 2.27. The zero-order valence-electron chi connectivity index (χ0n) is 12.1. The number of nitrogens with one attached hydrogen (secondary N) is 1. The number of hydrogen-bond acceptors (Lipinski definition) is 3. The monoisotopic (exact) mass is 272 g/mol. The van der Waals surface area contributed by atoms with Crippen LogP contribution in [0, 0.1) is 19.8 Å². The lowest BCUT2D eigenvalue weighted by atomic mass is 10.1. The molecule has 0 fully saturated rings. The molecule has 4 nitrogen and oxygen atoms in total. The number of carbonyl (C=O) groups is 1. The van der Waals surface area contributed by atoms with Gasteiger partial charge < -0.3 is 10.4 Å². The van der Waals surface area contributed by atoms with Gasteiger partial charge in [-0.25, -0.2) is 0 Å². The number of pyridine rings is 1. The third-order valence-corrected chi connectivity index (χ3v) is 3.33. The predicted octanol–water partition coefficient (Wildman–Crippen LogP) is 2.21. The second-order valence-electron chi connectivity index (χ2n) is 5.32. The Labute approximate surface area is 118 Å². The van der Waals surface area contributed by atoms with Gasteiger partial charge in [-0.2, -0.15) is 0 Å². The fourth-order valence-corrected chi connectivity index (χ4v) is 2.03. The number of fused-ring (bicyclic) bond motifs is 1. The van der Waals surface area contributed by atoms with Gasteiger partial charge in [0.15, 0.2) is 0 Å². The van der Waals surface area contributed by atoms with Crippen LogP contribution < -0.4 is 5.32 Å². The first-order valence-electron chi connectivity index (χ1n) is 6.78. The van der Waals surface area contributed by atoms with Crippen molar-refractivity contribution in [1.29, 1.82) is 0 Å². The van der Waals surface area contributed by atoms with E-state index in [2.05, 4.69) is 10.3 Å². The molecule has 0 radical (unpaired) electrons. The lowest BCUT2D eigenvalue weighted by molar-refractivity contribution is 0.0941. The van der Waals surface area contributed by atoms with Crippen molar-refractivity contribution >= 4 is 16.8 Å². The Hall–Kier alpha value is -1.94. The SMILES string of the molecule is Cc1ccc2cc(C(=O)NCC(C)CO)c(C)nc2c1. The maximum absolute atomic E-state index is 12.2. The van der Waals surface area contributed by atoms with Crippen LogP contribution >= 0.6 is 0 Å². The summed E-state index contributed by atoms with van der Waals surface area (Å²) >= 11 is 0. The van der Waals surface area contributed by atoms with Crippen molar-refractivity contribution in [3.63, 3.8) is 0 Å². The molecule has 2 aromatic rings. The zero-order chi connectivity index (χ0) is 14.7. The maximum Gasteiger partial charge on any atom is 0.253 e. The minimum Gasteiger partial charge on any atom is -0.396 e. The number of aliphatic hydroxyl groups excluding tert-OH is 1. The minimum absolute atomic E-state index is 0.0512. The summed E-state index contributed by atoms with van der Waals surface area (Å²) < 4.78 is 0. The fourth-order valence-electron chi connectivity index (χ4n) is 2.03. The summed E-state index contributed by atoms with van der Waals surface area (Å²) in [5, 5.41) is 12.8. The highest BCUT2D eigenvalue weighted by atomic mass is 16.3. The van der Waals surface area contributed by atoms with Gasteiger partial charge in [0.25, 0.3) is 5.91 Å². The van der Waals surface area contributed by atoms with Gasteiger partial charge in [-0.15, -0.1) is 0 Å². The molecule has 1 aromatic heterocycles. The van der Waals surface area contributed by atoms with Gasteiger partial charge in [0.05, 0.1) is 16.8 Å². The van der Waals surface area contributed by atoms with Crippen LogP contribution in [-0.4, -0.2) is 29.1 Å². The van der Waals surface area contributed by atoms with Crippen LogP contribution in [0.4, 0.5) is 0 Å². The van der Waals surface area contributed by atoms with Crippen molar-refractivity contribution in [3.05, 3.63) is 41.1 Å². The zero-order valence-corrected chi connectivity index (χ0v) is 12.1. The molecule has 1 aromatic carbocycles. The van der Waals surface area contributed by atoms with Crippen LogP contribution in [0.2, 0.25) is 0 Å². The number of benzene rings is 1. The number of aryl methyl sites for hydroxylation is 2. The molecule has 106 valence electrons. The number of nitrogens with zero attached hydrogens (tertiary/aromatic N) is 1. The first kappa shape index (κ1) is 14.5. The van der Waals surface area contributed by atoms with Gasteiger partial charge >= 0.3 is 0 Å². The molecule has 0 bridgehead atoms. The van der Waals surface area contributed by atoms with Crippen LogP contribution in [0.1, 0.15) is 28.5 Å². The smallest absolute Gasteiger partial charge is 0.253 e. The quantitative estimate of drug-likeness (QED) is 0.897. The molecule has 1 unspecified atom stereocenters. The lowest BCUT2D eigenvalue weighted by Crippen LogP contribution is -2.30. The standard InChI is InChI=1S/C16H20N2O2/c1-10-4-5-13-7-14(12(3)18-15(13)6-10)16(20)17-8-11(2)9-19/h4-7,11,19H,8-9H2,1-3H3,(H,17,20). The highest BCUT2D eigenvalue weighted by Gasteiger charge is 2.12. The van der Waals surface area contributed by atoms with E-state index in [0.717, 1.165) is 22.2 Å². The Morgan fingerprint density at radius 1 is 1.35 bits per heavy atom. The van der Waals surface area contributed by atoms with Crippen molar-refractivity contribution in [2.75, 3.05) is 13.2 Å². The summed E-state index contributed by atoms with van der Waals surface area (Å²) in [5.41, 5.74) is 3.37. The van der Waals surface area contributed by atoms with Gasteiger partial charge in [-0.3, -0.25) is 9.78 Å². The van der Waals surface area contributed by atoms with E-state index < -0.39 is 0 Å². The van der Waals surface area contributed by atoms with E-state index >= 15 is 0 Å². The number of aliphatic hydroxyl groups is 1. The van der Waals surface area contributed by atoms with E-state index in [-0.39, 0.29) is 18.4 Å². The fraction of sp³-hybridized carbons (Fsp3) is 0.375. The molecule has 0 spiro atoms. The molecule has 0 saturated heterocycles. The molecule has 0 aliphatic rings. The molecule has 4 heteroatoms. The largest absolute Gasteiger partial charge is 0.396 e. The second-order valence-corrected chi connectivity index (χ2v) is 5.32. The second kappa shape index (κ2) is 6.01. The number of hydrogen-bond donors (Lipinski definition) is 2. The number of amides is 1. The molecule has 1 amide bonds. The van der Waals surface area contributed by atoms with E-state index in [9.17, 15) is 4.79 Å². The Bertz CT molecular complexity index is 638. The number of rotatable bonds is 4. The summed E-state index contributed by atoms with van der Waals surface area (Å²) in [6, 6.07) is 7.87. The first-order chi connectivity index (χ1) is 9.51. The maximum atomic E-state index is 12.2. The van der Waals surface area contributed by atoms with Crippen molar-refractivity contribution in [2.24, 2.45) is 5.92 Å². The van der Waals surface area contributed by atoms with Crippen LogP contribution in [0.5, 0.6) is 0 Å². The molecular formula is C16H20N2O2. The normalized spacial score (nSPS) is 12.4. The Morgan fingerprint density at radius 2 is 2.10 bits per heavy atom. The minimum atomic E-state index is -0.141. The summed E-state index contributed by atoms with van der Waals surface area (Å²) in [7, 11) is 0. The molecule has 2 rings (SSSR count). The van der Waals surface area contributed by atoms with Gasteiger partial charge in [0.2, 0.25) is 0 Å². The molecule has 1 heterocycles.